The lowest BCUT2D eigenvalue weighted by Crippen LogP contribution is -2.21. The van der Waals surface area contributed by atoms with E-state index in [4.69, 9.17) is 0 Å². The Labute approximate surface area is 124 Å². The van der Waals surface area contributed by atoms with Crippen molar-refractivity contribution in [3.05, 3.63) is 65.2 Å². The minimum absolute atomic E-state index is 0.919. The van der Waals surface area contributed by atoms with Gasteiger partial charge in [-0.05, 0) is 36.1 Å². The molecule has 0 bridgehead atoms. The van der Waals surface area contributed by atoms with Crippen LogP contribution in [0.5, 0.6) is 0 Å². The third-order valence-electron chi connectivity index (χ3n) is 3.41. The molecule has 2 rings (SSSR count). The lowest BCUT2D eigenvalue weighted by molar-refractivity contribution is 0.872. The molecule has 0 aliphatic heterocycles. The van der Waals surface area contributed by atoms with E-state index in [1.165, 1.54) is 22.4 Å². The molecule has 0 N–H and O–H groups in total. The van der Waals surface area contributed by atoms with Crippen LogP contribution in [0, 0.1) is 6.92 Å². The van der Waals surface area contributed by atoms with Crippen LogP contribution < -0.4 is 4.90 Å². The van der Waals surface area contributed by atoms with Crippen LogP contribution in [0.15, 0.2) is 48.5 Å². The number of benzene rings is 2. The molecule has 0 aliphatic rings. The predicted octanol–water partition coefficient (Wildman–Crippen LogP) is 4.57. The molecule has 2 aromatic carbocycles. The fraction of sp³-hybridized carbons (Fsp3) is 0.294. The smallest absolute Gasteiger partial charge is 0.0393 e. The maximum Gasteiger partial charge on any atom is 0.0393 e. The Hall–Kier alpha value is -1.28. The molecule has 2 heteroatoms. The fourth-order valence-corrected chi connectivity index (χ4v) is 2.64. The van der Waals surface area contributed by atoms with Crippen LogP contribution in [0.4, 0.5) is 5.69 Å². The highest BCUT2D eigenvalue weighted by Crippen LogP contribution is 2.21. The van der Waals surface area contributed by atoms with Gasteiger partial charge in [-0.15, -0.1) is 0 Å². The highest BCUT2D eigenvalue weighted by Gasteiger charge is 2.05. The Morgan fingerprint density at radius 2 is 1.74 bits per heavy atom. The van der Waals surface area contributed by atoms with Crippen molar-refractivity contribution in [2.24, 2.45) is 0 Å². The van der Waals surface area contributed by atoms with Gasteiger partial charge in [-0.2, -0.15) is 0 Å². The van der Waals surface area contributed by atoms with Crippen LogP contribution in [-0.2, 0) is 11.8 Å². The first-order chi connectivity index (χ1) is 9.20. The van der Waals surface area contributed by atoms with Gasteiger partial charge >= 0.3 is 0 Å². The number of likely N-dealkylation sites (N-methyl/N-ethyl adjacent to an activating group) is 1. The van der Waals surface area contributed by atoms with E-state index in [-0.39, 0.29) is 0 Å². The van der Waals surface area contributed by atoms with Gasteiger partial charge in [0.05, 0.1) is 0 Å². The molecule has 100 valence electrons. The molecule has 0 spiro atoms. The van der Waals surface area contributed by atoms with Crippen LogP contribution in [0.3, 0.4) is 0 Å². The van der Waals surface area contributed by atoms with E-state index in [1.807, 2.05) is 0 Å². The Bertz CT molecular complexity index is 522. The first-order valence-corrected chi connectivity index (χ1v) is 7.73. The van der Waals surface area contributed by atoms with E-state index < -0.39 is 0 Å². The monoisotopic (exact) mass is 317 g/mol. The van der Waals surface area contributed by atoms with Crippen molar-refractivity contribution >= 4 is 21.6 Å². The number of rotatable bonds is 5. The lowest BCUT2D eigenvalue weighted by atomic mass is 10.1. The van der Waals surface area contributed by atoms with Gasteiger partial charge in [0.2, 0.25) is 0 Å². The molecule has 0 radical (unpaired) electrons. The molecule has 19 heavy (non-hydrogen) atoms. The molecule has 0 saturated heterocycles. The van der Waals surface area contributed by atoms with Crippen molar-refractivity contribution in [1.82, 2.24) is 0 Å². The summed E-state index contributed by atoms with van der Waals surface area (Å²) in [6.07, 6.45) is 1.08. The molecule has 0 heterocycles. The molecule has 0 aliphatic carbocycles. The SMILES string of the molecule is Cc1cc(CBr)ccc1N(C)CCc1ccccc1. The number of hydrogen-bond acceptors (Lipinski definition) is 1. The topological polar surface area (TPSA) is 3.24 Å². The summed E-state index contributed by atoms with van der Waals surface area (Å²) in [4.78, 5) is 2.33. The van der Waals surface area contributed by atoms with Crippen molar-refractivity contribution in [3.8, 4) is 0 Å². The lowest BCUT2D eigenvalue weighted by Gasteiger charge is -2.22. The molecule has 0 aromatic heterocycles. The Morgan fingerprint density at radius 3 is 2.37 bits per heavy atom. The molecular weight excluding hydrogens is 298 g/mol. The van der Waals surface area contributed by atoms with Crippen LogP contribution in [0.25, 0.3) is 0 Å². The highest BCUT2D eigenvalue weighted by molar-refractivity contribution is 9.08. The van der Waals surface area contributed by atoms with E-state index in [1.54, 1.807) is 0 Å². The molecule has 0 fully saturated rings. The van der Waals surface area contributed by atoms with Gasteiger partial charge in [0.25, 0.3) is 0 Å². The molecule has 0 saturated carbocycles. The van der Waals surface area contributed by atoms with Crippen molar-refractivity contribution in [3.63, 3.8) is 0 Å². The second-order valence-electron chi connectivity index (χ2n) is 4.91. The van der Waals surface area contributed by atoms with Crippen LogP contribution in [0.2, 0.25) is 0 Å². The first kappa shape index (κ1) is 14.1. The largest absolute Gasteiger partial charge is 0.374 e. The average molecular weight is 318 g/mol. The van der Waals surface area contributed by atoms with Gasteiger partial charge in [-0.1, -0.05) is 58.4 Å². The number of aryl methyl sites for hydroxylation is 1. The van der Waals surface area contributed by atoms with E-state index in [0.717, 1.165) is 18.3 Å². The summed E-state index contributed by atoms with van der Waals surface area (Å²) in [5.74, 6) is 0. The zero-order chi connectivity index (χ0) is 13.7. The number of halogens is 1. The fourth-order valence-electron chi connectivity index (χ4n) is 2.29. The van der Waals surface area contributed by atoms with Crippen LogP contribution >= 0.6 is 15.9 Å². The third kappa shape index (κ3) is 3.84. The standard InChI is InChI=1S/C17H20BrN/c1-14-12-16(13-18)8-9-17(14)19(2)11-10-15-6-4-3-5-7-15/h3-9,12H,10-11,13H2,1-2H3. The number of anilines is 1. The number of hydrogen-bond donors (Lipinski definition) is 0. The van der Waals surface area contributed by atoms with E-state index in [2.05, 4.69) is 83.3 Å². The van der Waals surface area contributed by atoms with Gasteiger partial charge in [-0.3, -0.25) is 0 Å². The van der Waals surface area contributed by atoms with Gasteiger partial charge < -0.3 is 4.90 Å². The molecular formula is C17H20BrN. The molecule has 0 atom stereocenters. The van der Waals surface area contributed by atoms with E-state index in [0.29, 0.717) is 0 Å². The Morgan fingerprint density at radius 1 is 1.00 bits per heavy atom. The first-order valence-electron chi connectivity index (χ1n) is 6.61. The maximum absolute atomic E-state index is 3.50. The van der Waals surface area contributed by atoms with Gasteiger partial charge in [0, 0.05) is 24.6 Å². The summed E-state index contributed by atoms with van der Waals surface area (Å²) in [5.41, 5.74) is 5.38. The van der Waals surface area contributed by atoms with Gasteiger partial charge in [-0.25, -0.2) is 0 Å². The zero-order valence-corrected chi connectivity index (χ0v) is 13.2. The quantitative estimate of drug-likeness (QED) is 0.730. The average Bonchev–Trinajstić information content (AvgIpc) is 2.45. The summed E-state index contributed by atoms with van der Waals surface area (Å²) in [6, 6.07) is 17.3. The van der Waals surface area contributed by atoms with Crippen LogP contribution in [0.1, 0.15) is 16.7 Å². The molecule has 2 aromatic rings. The van der Waals surface area contributed by atoms with Crippen molar-refractivity contribution < 1.29 is 0 Å². The maximum atomic E-state index is 3.50. The number of alkyl halides is 1. The van der Waals surface area contributed by atoms with Crippen molar-refractivity contribution in [1.29, 1.82) is 0 Å². The summed E-state index contributed by atoms with van der Waals surface area (Å²) in [5, 5.41) is 0.919. The predicted molar refractivity (Wildman–Crippen MR) is 87.2 cm³/mol. The minimum Gasteiger partial charge on any atom is -0.374 e. The summed E-state index contributed by atoms with van der Waals surface area (Å²) >= 11 is 3.50. The highest BCUT2D eigenvalue weighted by atomic mass is 79.9. The molecule has 0 unspecified atom stereocenters. The van der Waals surface area contributed by atoms with Gasteiger partial charge in [0.1, 0.15) is 0 Å². The van der Waals surface area contributed by atoms with Crippen LogP contribution in [-0.4, -0.2) is 13.6 Å². The van der Waals surface area contributed by atoms with Crippen molar-refractivity contribution in [2.45, 2.75) is 18.7 Å². The van der Waals surface area contributed by atoms with E-state index in [9.17, 15) is 0 Å². The molecule has 1 nitrogen and oxygen atoms in total. The number of nitrogens with zero attached hydrogens (tertiary/aromatic N) is 1. The Balaban J connectivity index is 2.02. The second kappa shape index (κ2) is 6.76. The zero-order valence-electron chi connectivity index (χ0n) is 11.6. The summed E-state index contributed by atoms with van der Waals surface area (Å²) in [7, 11) is 2.17. The second-order valence-corrected chi connectivity index (χ2v) is 5.47. The third-order valence-corrected chi connectivity index (χ3v) is 4.05. The normalized spacial score (nSPS) is 10.5. The van der Waals surface area contributed by atoms with E-state index >= 15 is 0 Å². The molecule has 0 amide bonds. The summed E-state index contributed by atoms with van der Waals surface area (Å²) in [6.45, 7) is 3.22. The summed E-state index contributed by atoms with van der Waals surface area (Å²) < 4.78 is 0. The Kier molecular flexibility index (Phi) is 5.03. The van der Waals surface area contributed by atoms with Crippen molar-refractivity contribution in [2.75, 3.05) is 18.5 Å². The minimum atomic E-state index is 0.919. The van der Waals surface area contributed by atoms with Gasteiger partial charge in [0.15, 0.2) is 0 Å².